The molecule has 0 amide bonds. The number of hydrogen-bond donors (Lipinski definition) is 1. The number of H-pyrrole nitrogens is 1. The summed E-state index contributed by atoms with van der Waals surface area (Å²) in [6, 6.07) is 9.08. The lowest BCUT2D eigenvalue weighted by Crippen LogP contribution is -2.12. The molecule has 0 saturated carbocycles. The van der Waals surface area contributed by atoms with Gasteiger partial charge in [-0.15, -0.1) is 0 Å². The summed E-state index contributed by atoms with van der Waals surface area (Å²) in [7, 11) is 0. The summed E-state index contributed by atoms with van der Waals surface area (Å²) in [4.78, 5) is 24.8. The second kappa shape index (κ2) is 4.84. The molecule has 86 valence electrons. The molecule has 0 unspecified atom stereocenters. The lowest BCUT2D eigenvalue weighted by atomic mass is 10.3. The van der Waals surface area contributed by atoms with Gasteiger partial charge in [-0.1, -0.05) is 11.6 Å². The van der Waals surface area contributed by atoms with Crippen LogP contribution in [0.4, 0.5) is 0 Å². The summed E-state index contributed by atoms with van der Waals surface area (Å²) in [5, 5.41) is 0.564. The monoisotopic (exact) mass is 249 g/mol. The minimum Gasteiger partial charge on any atom is -0.423 e. The van der Waals surface area contributed by atoms with Crippen molar-refractivity contribution in [1.29, 1.82) is 0 Å². The zero-order valence-electron chi connectivity index (χ0n) is 8.64. The van der Waals surface area contributed by atoms with Crippen molar-refractivity contribution in [3.63, 3.8) is 0 Å². The van der Waals surface area contributed by atoms with E-state index in [0.717, 1.165) is 0 Å². The number of carbonyl (C=O) groups is 1. The van der Waals surface area contributed by atoms with Gasteiger partial charge in [0.2, 0.25) is 5.56 Å². The van der Waals surface area contributed by atoms with Crippen LogP contribution in [0.5, 0.6) is 5.75 Å². The van der Waals surface area contributed by atoms with Crippen molar-refractivity contribution in [2.24, 2.45) is 0 Å². The van der Waals surface area contributed by atoms with Gasteiger partial charge in [-0.2, -0.15) is 0 Å². The molecule has 0 bridgehead atoms. The van der Waals surface area contributed by atoms with Gasteiger partial charge in [0.25, 0.3) is 0 Å². The predicted molar refractivity (Wildman–Crippen MR) is 63.5 cm³/mol. The first-order valence-corrected chi connectivity index (χ1v) is 5.19. The summed E-state index contributed by atoms with van der Waals surface area (Å²) in [5.41, 5.74) is 0.00703. The Morgan fingerprint density at radius 2 is 1.82 bits per heavy atom. The molecular formula is C12H8ClNO3. The van der Waals surface area contributed by atoms with Gasteiger partial charge < -0.3 is 9.72 Å². The molecule has 1 N–H and O–H groups in total. The first-order chi connectivity index (χ1) is 8.15. The van der Waals surface area contributed by atoms with E-state index in [1.165, 1.54) is 18.3 Å². The van der Waals surface area contributed by atoms with Crippen LogP contribution in [0.2, 0.25) is 5.02 Å². The molecule has 0 saturated heterocycles. The van der Waals surface area contributed by atoms with E-state index >= 15 is 0 Å². The van der Waals surface area contributed by atoms with Crippen LogP contribution in [0.1, 0.15) is 10.4 Å². The second-order valence-electron chi connectivity index (χ2n) is 3.29. The fraction of sp³-hybridized carbons (Fsp3) is 0. The Morgan fingerprint density at radius 3 is 2.41 bits per heavy atom. The highest BCUT2D eigenvalue weighted by atomic mass is 35.5. The molecule has 4 nitrogen and oxygen atoms in total. The lowest BCUT2D eigenvalue weighted by molar-refractivity contribution is 0.0734. The van der Waals surface area contributed by atoms with E-state index in [9.17, 15) is 9.59 Å². The molecule has 0 fully saturated rings. The fourth-order valence-corrected chi connectivity index (χ4v) is 1.33. The minimum absolute atomic E-state index is 0.270. The molecule has 17 heavy (non-hydrogen) atoms. The molecule has 1 heterocycles. The SMILES string of the molecule is O=C(Oc1ccc(Cl)cc1)c1ccc(=O)[nH]c1. The lowest BCUT2D eigenvalue weighted by Gasteiger charge is -2.03. The Bertz CT molecular complexity index is 569. The van der Waals surface area contributed by atoms with Crippen LogP contribution >= 0.6 is 11.6 Å². The second-order valence-corrected chi connectivity index (χ2v) is 3.72. The number of hydrogen-bond acceptors (Lipinski definition) is 3. The minimum atomic E-state index is -0.538. The number of nitrogens with one attached hydrogen (secondary N) is 1. The number of aromatic amines is 1. The Balaban J connectivity index is 2.14. The maximum atomic E-state index is 11.6. The van der Waals surface area contributed by atoms with Gasteiger partial charge in [-0.05, 0) is 30.3 Å². The summed E-state index contributed by atoms with van der Waals surface area (Å²) >= 11 is 5.70. The van der Waals surface area contributed by atoms with E-state index in [0.29, 0.717) is 10.8 Å². The molecule has 2 rings (SSSR count). The highest BCUT2D eigenvalue weighted by molar-refractivity contribution is 6.30. The zero-order valence-corrected chi connectivity index (χ0v) is 9.40. The molecule has 0 atom stereocenters. The number of carbonyl (C=O) groups excluding carboxylic acids is 1. The van der Waals surface area contributed by atoms with E-state index in [2.05, 4.69) is 4.98 Å². The molecule has 0 aliphatic carbocycles. The first-order valence-electron chi connectivity index (χ1n) is 4.81. The summed E-state index contributed by atoms with van der Waals surface area (Å²) < 4.78 is 5.08. The van der Waals surface area contributed by atoms with Gasteiger partial charge in [0.15, 0.2) is 0 Å². The third kappa shape index (κ3) is 2.95. The molecule has 5 heteroatoms. The Hall–Kier alpha value is -2.07. The quantitative estimate of drug-likeness (QED) is 0.656. The van der Waals surface area contributed by atoms with Gasteiger partial charge in [-0.3, -0.25) is 4.79 Å². The third-order valence-electron chi connectivity index (χ3n) is 2.04. The van der Waals surface area contributed by atoms with Crippen LogP contribution in [0.15, 0.2) is 47.4 Å². The van der Waals surface area contributed by atoms with E-state index in [1.54, 1.807) is 24.3 Å². The van der Waals surface area contributed by atoms with Crippen molar-refractivity contribution in [1.82, 2.24) is 4.98 Å². The number of rotatable bonds is 2. The van der Waals surface area contributed by atoms with Gasteiger partial charge >= 0.3 is 5.97 Å². The Kier molecular flexibility index (Phi) is 3.25. The zero-order chi connectivity index (χ0) is 12.3. The van der Waals surface area contributed by atoms with E-state index in [4.69, 9.17) is 16.3 Å². The van der Waals surface area contributed by atoms with E-state index in [-0.39, 0.29) is 11.1 Å². The normalized spacial score (nSPS) is 9.94. The number of aromatic nitrogens is 1. The maximum absolute atomic E-state index is 11.6. The Morgan fingerprint density at radius 1 is 1.12 bits per heavy atom. The first kappa shape index (κ1) is 11.4. The van der Waals surface area contributed by atoms with Crippen LogP contribution in [0, 0.1) is 0 Å². The molecule has 0 radical (unpaired) electrons. The maximum Gasteiger partial charge on any atom is 0.345 e. The predicted octanol–water partition coefficient (Wildman–Crippen LogP) is 2.25. The van der Waals surface area contributed by atoms with Crippen molar-refractivity contribution >= 4 is 17.6 Å². The number of pyridine rings is 1. The summed E-state index contributed by atoms with van der Waals surface area (Å²) in [6.45, 7) is 0. The smallest absolute Gasteiger partial charge is 0.345 e. The molecule has 0 aliphatic rings. The highest BCUT2D eigenvalue weighted by Gasteiger charge is 2.08. The van der Waals surface area contributed by atoms with Gasteiger partial charge in [-0.25, -0.2) is 4.79 Å². The third-order valence-corrected chi connectivity index (χ3v) is 2.30. The molecule has 1 aromatic heterocycles. The standard InChI is InChI=1S/C12H8ClNO3/c13-9-2-4-10(5-3-9)17-12(16)8-1-6-11(15)14-7-8/h1-7H,(H,14,15). The number of esters is 1. The fourth-order valence-electron chi connectivity index (χ4n) is 1.21. The Labute approximate surface area is 102 Å². The van der Waals surface area contributed by atoms with Crippen molar-refractivity contribution in [3.05, 3.63) is 63.5 Å². The molecule has 0 spiro atoms. The number of benzene rings is 1. The van der Waals surface area contributed by atoms with E-state index < -0.39 is 5.97 Å². The molecule has 1 aromatic carbocycles. The topological polar surface area (TPSA) is 59.2 Å². The van der Waals surface area contributed by atoms with Crippen molar-refractivity contribution in [2.45, 2.75) is 0 Å². The number of ether oxygens (including phenoxy) is 1. The molecule has 0 aliphatic heterocycles. The van der Waals surface area contributed by atoms with Crippen molar-refractivity contribution < 1.29 is 9.53 Å². The van der Waals surface area contributed by atoms with Crippen LogP contribution < -0.4 is 10.3 Å². The highest BCUT2D eigenvalue weighted by Crippen LogP contribution is 2.16. The summed E-state index contributed by atoms with van der Waals surface area (Å²) in [6.07, 6.45) is 1.31. The number of halogens is 1. The van der Waals surface area contributed by atoms with Crippen molar-refractivity contribution in [3.8, 4) is 5.75 Å². The van der Waals surface area contributed by atoms with Crippen LogP contribution in [-0.2, 0) is 0 Å². The molecule has 2 aromatic rings. The molecular weight excluding hydrogens is 242 g/mol. The van der Waals surface area contributed by atoms with E-state index in [1.807, 2.05) is 0 Å². The van der Waals surface area contributed by atoms with Crippen LogP contribution in [-0.4, -0.2) is 11.0 Å². The van der Waals surface area contributed by atoms with Crippen LogP contribution in [0.25, 0.3) is 0 Å². The van der Waals surface area contributed by atoms with Crippen molar-refractivity contribution in [2.75, 3.05) is 0 Å². The van der Waals surface area contributed by atoms with Crippen LogP contribution in [0.3, 0.4) is 0 Å². The van der Waals surface area contributed by atoms with Gasteiger partial charge in [0, 0.05) is 17.3 Å². The summed E-state index contributed by atoms with van der Waals surface area (Å²) in [5.74, 6) is -0.144. The average molecular weight is 250 g/mol. The average Bonchev–Trinajstić information content (AvgIpc) is 2.33. The largest absolute Gasteiger partial charge is 0.423 e. The van der Waals surface area contributed by atoms with Gasteiger partial charge in [0.05, 0.1) is 5.56 Å². The van der Waals surface area contributed by atoms with Gasteiger partial charge in [0.1, 0.15) is 5.75 Å².